The summed E-state index contributed by atoms with van der Waals surface area (Å²) >= 11 is 0. The molecule has 1 aromatic heterocycles. The molecule has 0 aliphatic carbocycles. The fraction of sp³-hybridized carbons (Fsp3) is 0.400. The molecule has 6 heteroatoms. The molecule has 138 valence electrons. The summed E-state index contributed by atoms with van der Waals surface area (Å²) in [7, 11) is 2.01. The third kappa shape index (κ3) is 4.52. The zero-order valence-electron chi connectivity index (χ0n) is 15.1. The van der Waals surface area contributed by atoms with Crippen molar-refractivity contribution in [2.75, 3.05) is 19.6 Å². The minimum absolute atomic E-state index is 0.0865. The van der Waals surface area contributed by atoms with E-state index in [9.17, 15) is 9.59 Å². The Kier molecular flexibility index (Phi) is 6.07. The maximum absolute atomic E-state index is 12.2. The van der Waals surface area contributed by atoms with E-state index in [4.69, 9.17) is 0 Å². The van der Waals surface area contributed by atoms with Crippen molar-refractivity contribution in [1.82, 2.24) is 20.1 Å². The molecule has 1 aliphatic rings. The zero-order chi connectivity index (χ0) is 18.4. The summed E-state index contributed by atoms with van der Waals surface area (Å²) in [5, 5.41) is 5.47. The Hall–Kier alpha value is -2.60. The molecule has 3 rings (SSSR count). The smallest absolute Gasteiger partial charge is 0.309 e. The van der Waals surface area contributed by atoms with Gasteiger partial charge in [-0.2, -0.15) is 0 Å². The Labute approximate surface area is 154 Å². The lowest BCUT2D eigenvalue weighted by molar-refractivity contribution is -0.139. The summed E-state index contributed by atoms with van der Waals surface area (Å²) in [4.78, 5) is 26.6. The third-order valence-corrected chi connectivity index (χ3v) is 4.86. The average molecular weight is 354 g/mol. The van der Waals surface area contributed by atoms with Gasteiger partial charge >= 0.3 is 11.8 Å². The van der Waals surface area contributed by atoms with Gasteiger partial charge in [0.2, 0.25) is 0 Å². The van der Waals surface area contributed by atoms with Gasteiger partial charge < -0.3 is 15.2 Å². The molecular formula is C20H26N4O2. The van der Waals surface area contributed by atoms with Crippen molar-refractivity contribution in [3.63, 3.8) is 0 Å². The number of carbonyl (C=O) groups excluding carboxylic acids is 2. The number of nitrogens with zero attached hydrogens (tertiary/aromatic N) is 2. The van der Waals surface area contributed by atoms with E-state index in [1.807, 2.05) is 49.6 Å². The van der Waals surface area contributed by atoms with E-state index >= 15 is 0 Å². The summed E-state index contributed by atoms with van der Waals surface area (Å²) in [6, 6.07) is 13.7. The number of amides is 2. The van der Waals surface area contributed by atoms with Gasteiger partial charge in [-0.1, -0.05) is 30.3 Å². The van der Waals surface area contributed by atoms with Crippen LogP contribution in [-0.4, -0.2) is 40.9 Å². The van der Waals surface area contributed by atoms with Crippen LogP contribution in [0.15, 0.2) is 48.7 Å². The second-order valence-corrected chi connectivity index (χ2v) is 6.68. The van der Waals surface area contributed by atoms with Crippen LogP contribution in [0.1, 0.15) is 30.1 Å². The Morgan fingerprint density at radius 2 is 1.69 bits per heavy atom. The first-order valence-corrected chi connectivity index (χ1v) is 9.10. The van der Waals surface area contributed by atoms with Crippen molar-refractivity contribution in [2.45, 2.75) is 25.4 Å². The highest BCUT2D eigenvalue weighted by Crippen LogP contribution is 2.24. The second-order valence-electron chi connectivity index (χ2n) is 6.68. The highest BCUT2D eigenvalue weighted by Gasteiger charge is 2.26. The SMILES string of the molecule is Cn1cccc1C(CNC(=O)C(=O)NCc1ccccc1)N1CCCC1. The molecule has 6 nitrogen and oxygen atoms in total. The van der Waals surface area contributed by atoms with Crippen LogP contribution in [0, 0.1) is 0 Å². The summed E-state index contributed by atoms with van der Waals surface area (Å²) in [5.74, 6) is -1.18. The van der Waals surface area contributed by atoms with Gasteiger partial charge in [0.05, 0.1) is 6.04 Å². The Morgan fingerprint density at radius 1 is 1.00 bits per heavy atom. The van der Waals surface area contributed by atoms with Crippen LogP contribution in [0.5, 0.6) is 0 Å². The predicted octanol–water partition coefficient (Wildman–Crippen LogP) is 1.59. The molecule has 2 heterocycles. The van der Waals surface area contributed by atoms with E-state index in [0.717, 1.165) is 24.3 Å². The van der Waals surface area contributed by atoms with Crippen molar-refractivity contribution < 1.29 is 9.59 Å². The number of rotatable bonds is 6. The van der Waals surface area contributed by atoms with Gasteiger partial charge in [-0.25, -0.2) is 0 Å². The minimum atomic E-state index is -0.596. The lowest BCUT2D eigenvalue weighted by Gasteiger charge is -2.28. The van der Waals surface area contributed by atoms with E-state index in [-0.39, 0.29) is 6.04 Å². The van der Waals surface area contributed by atoms with Gasteiger partial charge in [-0.05, 0) is 43.6 Å². The number of nitrogens with one attached hydrogen (secondary N) is 2. The first kappa shape index (κ1) is 18.2. The van der Waals surface area contributed by atoms with Crippen LogP contribution in [0.2, 0.25) is 0 Å². The molecule has 0 bridgehead atoms. The average Bonchev–Trinajstić information content (AvgIpc) is 3.33. The van der Waals surface area contributed by atoms with Crippen molar-refractivity contribution in [2.24, 2.45) is 7.05 Å². The molecule has 2 amide bonds. The molecule has 1 fully saturated rings. The minimum Gasteiger partial charge on any atom is -0.353 e. The second kappa shape index (κ2) is 8.67. The molecule has 0 radical (unpaired) electrons. The Balaban J connectivity index is 1.55. The molecule has 2 aromatic rings. The van der Waals surface area contributed by atoms with Crippen LogP contribution in [0.4, 0.5) is 0 Å². The standard InChI is InChI=1S/C20H26N4O2/c1-23-11-7-10-17(23)18(24-12-5-6-13-24)15-22-20(26)19(25)21-14-16-8-3-2-4-9-16/h2-4,7-11,18H,5-6,12-15H2,1H3,(H,21,25)(H,22,26). The fourth-order valence-electron chi connectivity index (χ4n) is 3.42. The number of hydrogen-bond donors (Lipinski definition) is 2. The maximum atomic E-state index is 12.2. The number of aryl methyl sites for hydroxylation is 1. The Bertz CT molecular complexity index is 735. The lowest BCUT2D eigenvalue weighted by Crippen LogP contribution is -2.43. The summed E-state index contributed by atoms with van der Waals surface area (Å²) in [5.41, 5.74) is 2.12. The molecule has 0 saturated carbocycles. The van der Waals surface area contributed by atoms with E-state index < -0.39 is 11.8 Å². The van der Waals surface area contributed by atoms with Crippen LogP contribution >= 0.6 is 0 Å². The number of aromatic nitrogens is 1. The van der Waals surface area contributed by atoms with Gasteiger partial charge in [0.15, 0.2) is 0 Å². The van der Waals surface area contributed by atoms with Gasteiger partial charge in [-0.15, -0.1) is 0 Å². The van der Waals surface area contributed by atoms with Crippen molar-refractivity contribution in [3.8, 4) is 0 Å². The van der Waals surface area contributed by atoms with Crippen molar-refractivity contribution in [1.29, 1.82) is 0 Å². The first-order chi connectivity index (χ1) is 12.6. The molecule has 1 aliphatic heterocycles. The van der Waals surface area contributed by atoms with Crippen molar-refractivity contribution >= 4 is 11.8 Å². The molecule has 1 saturated heterocycles. The topological polar surface area (TPSA) is 66.4 Å². The number of hydrogen-bond acceptors (Lipinski definition) is 3. The molecule has 0 spiro atoms. The highest BCUT2D eigenvalue weighted by atomic mass is 16.2. The van der Waals surface area contributed by atoms with Crippen LogP contribution in [0.25, 0.3) is 0 Å². The van der Waals surface area contributed by atoms with E-state index in [1.54, 1.807) is 0 Å². The van der Waals surface area contributed by atoms with E-state index in [0.29, 0.717) is 13.1 Å². The van der Waals surface area contributed by atoms with Crippen LogP contribution < -0.4 is 10.6 Å². The van der Waals surface area contributed by atoms with Crippen molar-refractivity contribution in [3.05, 3.63) is 59.9 Å². The van der Waals surface area contributed by atoms with Gasteiger partial charge in [0.1, 0.15) is 0 Å². The largest absolute Gasteiger partial charge is 0.353 e. The van der Waals surface area contributed by atoms with E-state index in [2.05, 4.69) is 26.2 Å². The molecular weight excluding hydrogens is 328 g/mol. The van der Waals surface area contributed by atoms with Gasteiger partial charge in [0.25, 0.3) is 0 Å². The monoisotopic (exact) mass is 354 g/mol. The van der Waals surface area contributed by atoms with E-state index in [1.165, 1.54) is 12.8 Å². The van der Waals surface area contributed by atoms with Crippen LogP contribution in [0.3, 0.4) is 0 Å². The Morgan fingerprint density at radius 3 is 2.35 bits per heavy atom. The third-order valence-electron chi connectivity index (χ3n) is 4.86. The lowest BCUT2D eigenvalue weighted by atomic mass is 10.1. The van der Waals surface area contributed by atoms with Gasteiger partial charge in [-0.3, -0.25) is 14.5 Å². The first-order valence-electron chi connectivity index (χ1n) is 9.10. The summed E-state index contributed by atoms with van der Waals surface area (Å²) in [6.07, 6.45) is 4.35. The predicted molar refractivity (Wildman–Crippen MR) is 100 cm³/mol. The maximum Gasteiger partial charge on any atom is 0.309 e. The molecule has 1 aromatic carbocycles. The summed E-state index contributed by atoms with van der Waals surface area (Å²) < 4.78 is 2.07. The summed E-state index contributed by atoms with van der Waals surface area (Å²) in [6.45, 7) is 2.81. The molecule has 1 atom stereocenters. The highest BCUT2D eigenvalue weighted by molar-refractivity contribution is 6.35. The fourth-order valence-corrected chi connectivity index (χ4v) is 3.42. The van der Waals surface area contributed by atoms with Gasteiger partial charge in [0, 0.05) is 32.0 Å². The van der Waals surface area contributed by atoms with Crippen LogP contribution in [-0.2, 0) is 23.2 Å². The normalized spacial score (nSPS) is 15.6. The molecule has 26 heavy (non-hydrogen) atoms. The molecule has 1 unspecified atom stereocenters. The zero-order valence-corrected chi connectivity index (χ0v) is 15.1. The molecule has 2 N–H and O–H groups in total. The number of likely N-dealkylation sites (tertiary alicyclic amines) is 1. The number of benzene rings is 1. The quantitative estimate of drug-likeness (QED) is 0.775. The number of carbonyl (C=O) groups is 2.